The Morgan fingerprint density at radius 3 is 2.39 bits per heavy atom. The van der Waals surface area contributed by atoms with Crippen molar-refractivity contribution in [3.05, 3.63) is 35.9 Å². The van der Waals surface area contributed by atoms with Crippen LogP contribution in [0.5, 0.6) is 0 Å². The van der Waals surface area contributed by atoms with Crippen LogP contribution in [0.15, 0.2) is 30.3 Å². The molecule has 2 bridgehead atoms. The summed E-state index contributed by atoms with van der Waals surface area (Å²) < 4.78 is 5.49. The number of carboxylic acids is 1. The normalized spacial score (nSPS) is 26.6. The minimum atomic E-state index is -0.742. The summed E-state index contributed by atoms with van der Waals surface area (Å²) in [5.74, 6) is -0.561. The summed E-state index contributed by atoms with van der Waals surface area (Å²) in [6.45, 7) is 0.286. The van der Waals surface area contributed by atoms with E-state index in [0.29, 0.717) is 0 Å². The maximum atomic E-state index is 12.5. The molecule has 3 rings (SSSR count). The van der Waals surface area contributed by atoms with Crippen molar-refractivity contribution in [2.24, 2.45) is 5.92 Å². The fourth-order valence-electron chi connectivity index (χ4n) is 4.00. The monoisotopic (exact) mass is 317 g/mol. The Hall–Kier alpha value is -2.04. The number of hydrogen-bond acceptors (Lipinski definition) is 3. The predicted octanol–water partition coefficient (Wildman–Crippen LogP) is 3.43. The first kappa shape index (κ1) is 15.8. The van der Waals surface area contributed by atoms with Gasteiger partial charge in [0.15, 0.2) is 0 Å². The molecule has 1 N–H and O–H groups in total. The Morgan fingerprint density at radius 2 is 1.78 bits per heavy atom. The lowest BCUT2D eigenvalue weighted by Crippen LogP contribution is -2.55. The van der Waals surface area contributed by atoms with Gasteiger partial charge in [-0.2, -0.15) is 0 Å². The summed E-state index contributed by atoms with van der Waals surface area (Å²) in [6, 6.07) is 9.93. The lowest BCUT2D eigenvalue weighted by atomic mass is 9.77. The van der Waals surface area contributed by atoms with Crippen LogP contribution >= 0.6 is 0 Å². The van der Waals surface area contributed by atoms with Crippen LogP contribution in [0.4, 0.5) is 4.79 Å². The molecule has 124 valence electrons. The van der Waals surface area contributed by atoms with E-state index in [1.807, 2.05) is 35.2 Å². The molecule has 5 nitrogen and oxygen atoms in total. The fourth-order valence-corrected chi connectivity index (χ4v) is 4.00. The van der Waals surface area contributed by atoms with E-state index in [4.69, 9.17) is 9.84 Å². The first-order valence-electron chi connectivity index (χ1n) is 8.34. The number of amides is 1. The van der Waals surface area contributed by atoms with Crippen LogP contribution < -0.4 is 0 Å². The number of carboxylic acid groups (broad SMARTS) is 1. The molecule has 2 heterocycles. The van der Waals surface area contributed by atoms with Gasteiger partial charge < -0.3 is 14.7 Å². The first-order valence-corrected chi connectivity index (χ1v) is 8.34. The molecule has 0 radical (unpaired) electrons. The molecule has 1 amide bonds. The third-order valence-corrected chi connectivity index (χ3v) is 4.95. The number of nitrogens with zero attached hydrogens (tertiary/aromatic N) is 1. The van der Waals surface area contributed by atoms with Crippen molar-refractivity contribution < 1.29 is 19.4 Å². The molecular weight excluding hydrogens is 294 g/mol. The van der Waals surface area contributed by atoms with Gasteiger partial charge in [0.05, 0.1) is 0 Å². The highest BCUT2D eigenvalue weighted by Crippen LogP contribution is 2.38. The Kier molecular flexibility index (Phi) is 4.84. The van der Waals surface area contributed by atoms with Crippen molar-refractivity contribution in [1.82, 2.24) is 4.90 Å². The maximum Gasteiger partial charge on any atom is 0.410 e. The van der Waals surface area contributed by atoms with E-state index in [1.54, 1.807) is 0 Å². The summed E-state index contributed by atoms with van der Waals surface area (Å²) in [4.78, 5) is 25.3. The van der Waals surface area contributed by atoms with E-state index in [1.165, 1.54) is 0 Å². The zero-order chi connectivity index (χ0) is 16.2. The fraction of sp³-hybridized carbons (Fsp3) is 0.556. The van der Waals surface area contributed by atoms with Crippen molar-refractivity contribution >= 4 is 12.1 Å². The molecule has 2 aliphatic heterocycles. The molecule has 0 saturated carbocycles. The summed E-state index contributed by atoms with van der Waals surface area (Å²) in [5.41, 5.74) is 0.978. The number of fused-ring (bicyclic) bond motifs is 2. The van der Waals surface area contributed by atoms with Crippen LogP contribution in [0.25, 0.3) is 0 Å². The number of ether oxygens (including phenoxy) is 1. The molecule has 2 saturated heterocycles. The molecule has 1 aromatic rings. The summed E-state index contributed by atoms with van der Waals surface area (Å²) in [5, 5.41) is 9.01. The van der Waals surface area contributed by atoms with E-state index in [9.17, 15) is 9.59 Å². The number of piperidine rings is 2. The van der Waals surface area contributed by atoms with Crippen LogP contribution in [-0.2, 0) is 16.1 Å². The molecule has 5 heteroatoms. The molecule has 2 fully saturated rings. The highest BCUT2D eigenvalue weighted by Gasteiger charge is 2.42. The Morgan fingerprint density at radius 1 is 1.13 bits per heavy atom. The van der Waals surface area contributed by atoms with Gasteiger partial charge in [-0.1, -0.05) is 30.3 Å². The SMILES string of the molecule is O=C(O)CC1CC2CCCC(C1)N2C(=O)OCc1ccccc1. The second kappa shape index (κ2) is 7.02. The Balaban J connectivity index is 1.60. The molecule has 23 heavy (non-hydrogen) atoms. The number of carbonyl (C=O) groups is 2. The number of rotatable bonds is 4. The molecule has 2 unspecified atom stereocenters. The summed E-state index contributed by atoms with van der Waals surface area (Å²) >= 11 is 0. The first-order chi connectivity index (χ1) is 11.1. The van der Waals surface area contributed by atoms with Crippen LogP contribution in [-0.4, -0.2) is 34.2 Å². The lowest BCUT2D eigenvalue weighted by Gasteiger charge is -2.47. The van der Waals surface area contributed by atoms with Gasteiger partial charge in [0.2, 0.25) is 0 Å². The number of aliphatic carboxylic acids is 1. The van der Waals surface area contributed by atoms with Crippen LogP contribution in [0, 0.1) is 5.92 Å². The maximum absolute atomic E-state index is 12.5. The van der Waals surface area contributed by atoms with E-state index in [0.717, 1.165) is 37.7 Å². The number of carbonyl (C=O) groups excluding carboxylic acids is 1. The third-order valence-electron chi connectivity index (χ3n) is 4.95. The smallest absolute Gasteiger partial charge is 0.410 e. The molecule has 2 aliphatic rings. The van der Waals surface area contributed by atoms with E-state index in [-0.39, 0.29) is 37.1 Å². The Labute approximate surface area is 136 Å². The topological polar surface area (TPSA) is 66.8 Å². The molecular formula is C18H23NO4. The van der Waals surface area contributed by atoms with Crippen LogP contribution in [0.2, 0.25) is 0 Å². The number of hydrogen-bond donors (Lipinski definition) is 1. The van der Waals surface area contributed by atoms with E-state index >= 15 is 0 Å². The zero-order valence-electron chi connectivity index (χ0n) is 13.2. The highest BCUT2D eigenvalue weighted by atomic mass is 16.6. The largest absolute Gasteiger partial charge is 0.481 e. The van der Waals surface area contributed by atoms with Gasteiger partial charge in [-0.3, -0.25) is 4.79 Å². The van der Waals surface area contributed by atoms with Crippen molar-refractivity contribution in [3.63, 3.8) is 0 Å². The van der Waals surface area contributed by atoms with Crippen molar-refractivity contribution in [2.45, 2.75) is 57.2 Å². The van der Waals surface area contributed by atoms with E-state index in [2.05, 4.69) is 0 Å². The third kappa shape index (κ3) is 3.84. The van der Waals surface area contributed by atoms with Gasteiger partial charge >= 0.3 is 12.1 Å². The molecule has 2 atom stereocenters. The molecule has 1 aromatic carbocycles. The molecule has 0 aromatic heterocycles. The van der Waals surface area contributed by atoms with Gasteiger partial charge in [-0.05, 0) is 43.6 Å². The molecule has 0 spiro atoms. The van der Waals surface area contributed by atoms with Gasteiger partial charge in [0, 0.05) is 18.5 Å². The minimum Gasteiger partial charge on any atom is -0.481 e. The summed E-state index contributed by atoms with van der Waals surface area (Å²) in [7, 11) is 0. The van der Waals surface area contributed by atoms with Gasteiger partial charge in [-0.25, -0.2) is 4.79 Å². The van der Waals surface area contributed by atoms with Gasteiger partial charge in [-0.15, -0.1) is 0 Å². The van der Waals surface area contributed by atoms with Crippen molar-refractivity contribution in [3.8, 4) is 0 Å². The average molecular weight is 317 g/mol. The quantitative estimate of drug-likeness (QED) is 0.924. The summed E-state index contributed by atoms with van der Waals surface area (Å²) in [6.07, 6.45) is 4.53. The van der Waals surface area contributed by atoms with Crippen LogP contribution in [0.3, 0.4) is 0 Å². The van der Waals surface area contributed by atoms with Gasteiger partial charge in [0.1, 0.15) is 6.61 Å². The average Bonchev–Trinajstić information content (AvgIpc) is 2.52. The minimum absolute atomic E-state index is 0.134. The standard InChI is InChI=1S/C18H23NO4/c20-17(21)11-14-9-15-7-4-8-16(10-14)19(15)18(22)23-12-13-5-2-1-3-6-13/h1-3,5-6,14-16H,4,7-12H2,(H,20,21). The Bertz CT molecular complexity index is 545. The predicted molar refractivity (Wildman–Crippen MR) is 84.9 cm³/mol. The second-order valence-corrected chi connectivity index (χ2v) is 6.62. The zero-order valence-corrected chi connectivity index (χ0v) is 13.2. The lowest BCUT2D eigenvalue weighted by molar-refractivity contribution is -0.139. The number of benzene rings is 1. The highest BCUT2D eigenvalue weighted by molar-refractivity contribution is 5.69. The van der Waals surface area contributed by atoms with Crippen molar-refractivity contribution in [2.75, 3.05) is 0 Å². The van der Waals surface area contributed by atoms with Crippen LogP contribution in [0.1, 0.15) is 44.1 Å². The van der Waals surface area contributed by atoms with E-state index < -0.39 is 5.97 Å². The molecule has 0 aliphatic carbocycles. The van der Waals surface area contributed by atoms with Crippen molar-refractivity contribution in [1.29, 1.82) is 0 Å². The second-order valence-electron chi connectivity index (χ2n) is 6.62. The van der Waals surface area contributed by atoms with Gasteiger partial charge in [0.25, 0.3) is 0 Å².